The molecule has 24 heavy (non-hydrogen) atoms. The summed E-state index contributed by atoms with van der Waals surface area (Å²) in [6.45, 7) is 5.30. The van der Waals surface area contributed by atoms with E-state index in [-0.39, 0.29) is 12.1 Å². The summed E-state index contributed by atoms with van der Waals surface area (Å²) in [4.78, 5) is 2.92. The summed E-state index contributed by atoms with van der Waals surface area (Å²) in [7, 11) is -2.47. The lowest BCUT2D eigenvalue weighted by Gasteiger charge is -2.42. The number of aromatic amines is 1. The fourth-order valence-electron chi connectivity index (χ4n) is 3.48. The zero-order valence-corrected chi connectivity index (χ0v) is 16.1. The summed E-state index contributed by atoms with van der Waals surface area (Å²) >= 11 is 12.2. The van der Waals surface area contributed by atoms with E-state index in [1.807, 2.05) is 0 Å². The lowest BCUT2D eigenvalue weighted by atomic mass is 9.82. The molecule has 2 nitrogen and oxygen atoms in total. The van der Waals surface area contributed by atoms with Crippen LogP contribution in [-0.2, 0) is 16.4 Å². The Kier molecular flexibility index (Phi) is 4.27. The molecule has 1 unspecified atom stereocenters. The Hall–Kier alpha value is -0.693. The third kappa shape index (κ3) is 2.87. The van der Waals surface area contributed by atoms with Crippen LogP contribution in [-0.4, -0.2) is 19.5 Å². The molecule has 0 radical (unpaired) electrons. The lowest BCUT2D eigenvalue weighted by Crippen LogP contribution is -2.52. The van der Waals surface area contributed by atoms with Crippen LogP contribution in [0.1, 0.15) is 24.1 Å². The normalized spacial score (nSPS) is 22.0. The first-order chi connectivity index (χ1) is 10.9. The van der Waals surface area contributed by atoms with Gasteiger partial charge in [-0.15, -0.1) is 0 Å². The summed E-state index contributed by atoms with van der Waals surface area (Å²) in [5, 5.41) is 1.37. The summed E-state index contributed by atoms with van der Waals surface area (Å²) in [6.07, 6.45) is -3.67. The van der Waals surface area contributed by atoms with Gasteiger partial charge < -0.3 is 9.41 Å². The van der Waals surface area contributed by atoms with Gasteiger partial charge in [-0.05, 0) is 56.6 Å². The molecule has 0 aliphatic heterocycles. The number of hydrogen-bond acceptors (Lipinski definition) is 1. The highest BCUT2D eigenvalue weighted by Crippen LogP contribution is 2.52. The zero-order valence-electron chi connectivity index (χ0n) is 13.6. The van der Waals surface area contributed by atoms with Gasteiger partial charge in [-0.3, -0.25) is 0 Å². The van der Waals surface area contributed by atoms with E-state index >= 15 is 0 Å². The zero-order chi connectivity index (χ0) is 17.9. The number of halogens is 5. The highest BCUT2D eigenvalue weighted by molar-refractivity contribution is 6.69. The van der Waals surface area contributed by atoms with Crippen LogP contribution in [0.3, 0.4) is 0 Å². The molecule has 0 amide bonds. The van der Waals surface area contributed by atoms with E-state index in [1.165, 1.54) is 6.07 Å². The molecule has 0 spiro atoms. The second-order valence-electron chi connectivity index (χ2n) is 7.18. The molecule has 3 rings (SSSR count). The minimum absolute atomic E-state index is 0.0860. The van der Waals surface area contributed by atoms with Gasteiger partial charge in [-0.25, -0.2) is 0 Å². The number of fused-ring (bicyclic) bond motifs is 3. The maximum atomic E-state index is 14.1. The first-order valence-electron chi connectivity index (χ1n) is 7.71. The maximum Gasteiger partial charge on any atom is 0.422 e. The predicted molar refractivity (Wildman–Crippen MR) is 93.4 cm³/mol. The standard InChI is InChI=1S/C16H18Cl2F3NOSi/c1-24(2,3)23-15(16(19,20)21)6-4-5-10-11-7-9(17)8-12(18)13(11)22-14(10)15/h7-8,22H,4-6H2,1-3H3. The van der Waals surface area contributed by atoms with Crippen molar-refractivity contribution >= 4 is 42.4 Å². The predicted octanol–water partition coefficient (Wildman–Crippen LogP) is 6.42. The number of aryl methyl sites for hydroxylation is 1. The van der Waals surface area contributed by atoms with E-state index in [2.05, 4.69) is 4.98 Å². The minimum atomic E-state index is -4.51. The molecule has 0 saturated heterocycles. The largest absolute Gasteiger partial charge is 0.422 e. The van der Waals surface area contributed by atoms with Crippen molar-refractivity contribution in [3.63, 3.8) is 0 Å². The Morgan fingerprint density at radius 1 is 1.21 bits per heavy atom. The molecule has 1 aromatic carbocycles. The summed E-state index contributed by atoms with van der Waals surface area (Å²) in [5.41, 5.74) is -1.13. The van der Waals surface area contributed by atoms with Gasteiger partial charge in [0.15, 0.2) is 13.9 Å². The van der Waals surface area contributed by atoms with Gasteiger partial charge in [0.25, 0.3) is 0 Å². The Balaban J connectivity index is 2.32. The molecule has 1 aliphatic carbocycles. The highest BCUT2D eigenvalue weighted by Gasteiger charge is 2.61. The second-order valence-corrected chi connectivity index (χ2v) is 12.5. The molecule has 2 aromatic rings. The first kappa shape index (κ1) is 18.1. The molecule has 1 atom stereocenters. The van der Waals surface area contributed by atoms with Crippen molar-refractivity contribution in [1.82, 2.24) is 4.98 Å². The molecule has 132 valence electrons. The average molecular weight is 396 g/mol. The molecule has 8 heteroatoms. The average Bonchev–Trinajstić information content (AvgIpc) is 2.76. The third-order valence-corrected chi connectivity index (χ3v) is 5.71. The van der Waals surface area contributed by atoms with Crippen molar-refractivity contribution in [2.45, 2.75) is 50.7 Å². The van der Waals surface area contributed by atoms with Crippen molar-refractivity contribution < 1.29 is 17.6 Å². The molecular weight excluding hydrogens is 378 g/mol. The van der Waals surface area contributed by atoms with Gasteiger partial charge in [0.1, 0.15) is 0 Å². The molecule has 1 heterocycles. The Bertz CT molecular complexity index is 797. The minimum Gasteiger partial charge on any atom is -0.399 e. The lowest BCUT2D eigenvalue weighted by molar-refractivity contribution is -0.264. The molecular formula is C16H18Cl2F3NOSi. The van der Waals surface area contributed by atoms with E-state index in [0.29, 0.717) is 39.4 Å². The van der Waals surface area contributed by atoms with E-state index in [1.54, 1.807) is 25.7 Å². The molecule has 1 N–H and O–H groups in total. The number of aromatic nitrogens is 1. The molecule has 0 saturated carbocycles. The molecule has 1 aromatic heterocycles. The first-order valence-corrected chi connectivity index (χ1v) is 11.9. The highest BCUT2D eigenvalue weighted by atomic mass is 35.5. The number of rotatable bonds is 2. The molecule has 1 aliphatic rings. The van der Waals surface area contributed by atoms with Crippen LogP contribution in [0.2, 0.25) is 29.7 Å². The van der Waals surface area contributed by atoms with E-state index in [0.717, 1.165) is 0 Å². The number of H-pyrrole nitrogens is 1. The van der Waals surface area contributed by atoms with Crippen LogP contribution in [0.4, 0.5) is 13.2 Å². The van der Waals surface area contributed by atoms with Crippen molar-refractivity contribution in [1.29, 1.82) is 0 Å². The second kappa shape index (κ2) is 5.66. The van der Waals surface area contributed by atoms with Crippen molar-refractivity contribution in [2.75, 3.05) is 0 Å². The van der Waals surface area contributed by atoms with Crippen molar-refractivity contribution in [3.8, 4) is 0 Å². The molecule has 0 fully saturated rings. The molecule has 0 bridgehead atoms. The Morgan fingerprint density at radius 3 is 2.46 bits per heavy atom. The van der Waals surface area contributed by atoms with Crippen LogP contribution in [0, 0.1) is 0 Å². The van der Waals surface area contributed by atoms with Gasteiger partial charge in [-0.1, -0.05) is 23.2 Å². The van der Waals surface area contributed by atoms with Crippen LogP contribution < -0.4 is 0 Å². The maximum absolute atomic E-state index is 14.1. The quantitative estimate of drug-likeness (QED) is 0.582. The van der Waals surface area contributed by atoms with E-state index in [9.17, 15) is 13.2 Å². The summed E-state index contributed by atoms with van der Waals surface area (Å²) in [5.74, 6) is 0. The summed E-state index contributed by atoms with van der Waals surface area (Å²) in [6, 6.07) is 3.20. The number of hydrogen-bond donors (Lipinski definition) is 1. The van der Waals surface area contributed by atoms with Crippen LogP contribution in [0.25, 0.3) is 10.9 Å². The SMILES string of the molecule is C[Si](C)(C)OC1(C(F)(F)F)CCCc2c1[nH]c1c(Cl)cc(Cl)cc21. The number of benzene rings is 1. The summed E-state index contributed by atoms with van der Waals surface area (Å²) < 4.78 is 48.2. The van der Waals surface area contributed by atoms with Crippen LogP contribution in [0.15, 0.2) is 12.1 Å². The van der Waals surface area contributed by atoms with Gasteiger partial charge >= 0.3 is 6.18 Å². The fourth-order valence-corrected chi connectivity index (χ4v) is 5.39. The monoisotopic (exact) mass is 395 g/mol. The van der Waals surface area contributed by atoms with E-state index < -0.39 is 20.1 Å². The van der Waals surface area contributed by atoms with Crippen LogP contribution >= 0.6 is 23.2 Å². The van der Waals surface area contributed by atoms with Crippen molar-refractivity contribution in [3.05, 3.63) is 33.4 Å². The topological polar surface area (TPSA) is 25.0 Å². The van der Waals surface area contributed by atoms with E-state index in [4.69, 9.17) is 27.6 Å². The van der Waals surface area contributed by atoms with Gasteiger partial charge in [0.2, 0.25) is 0 Å². The van der Waals surface area contributed by atoms with Crippen LogP contribution in [0.5, 0.6) is 0 Å². The Labute approximate surface area is 149 Å². The number of nitrogens with one attached hydrogen (secondary N) is 1. The van der Waals surface area contributed by atoms with Gasteiger partial charge in [-0.2, -0.15) is 13.2 Å². The number of alkyl halides is 3. The Morgan fingerprint density at radius 2 is 1.88 bits per heavy atom. The van der Waals surface area contributed by atoms with Gasteiger partial charge in [0.05, 0.1) is 16.2 Å². The smallest absolute Gasteiger partial charge is 0.399 e. The van der Waals surface area contributed by atoms with Crippen molar-refractivity contribution in [2.24, 2.45) is 0 Å². The van der Waals surface area contributed by atoms with Gasteiger partial charge in [0, 0.05) is 10.4 Å². The fraction of sp³-hybridized carbons (Fsp3) is 0.500. The third-order valence-electron chi connectivity index (χ3n) is 4.23.